The van der Waals surface area contributed by atoms with Crippen molar-refractivity contribution >= 4 is 26.5 Å². The first kappa shape index (κ1) is 23.7. The molecule has 4 saturated carbocycles. The average Bonchev–Trinajstić information content (AvgIpc) is 3.15. The predicted molar refractivity (Wildman–Crippen MR) is 122 cm³/mol. The number of allylic oxidation sites excluding steroid dienone is 1. The molecule has 178 valence electrons. The van der Waals surface area contributed by atoms with Crippen LogP contribution in [-0.2, 0) is 28.3 Å². The van der Waals surface area contributed by atoms with Gasteiger partial charge >= 0.3 is 11.9 Å². The minimum absolute atomic E-state index is 0.0360. The van der Waals surface area contributed by atoms with Gasteiger partial charge in [0.05, 0.1) is 31.7 Å². The minimum Gasteiger partial charge on any atom is -0.469 e. The fourth-order valence-electron chi connectivity index (χ4n) is 8.50. The van der Waals surface area contributed by atoms with Crippen LogP contribution in [-0.4, -0.2) is 46.9 Å². The van der Waals surface area contributed by atoms with Gasteiger partial charge in [-0.15, -0.1) is 0 Å². The van der Waals surface area contributed by atoms with Crippen LogP contribution in [0.3, 0.4) is 0 Å². The smallest absolute Gasteiger partial charge is 0.314 e. The Morgan fingerprint density at radius 1 is 1.12 bits per heavy atom. The highest BCUT2D eigenvalue weighted by Gasteiger charge is 2.78. The Balaban J connectivity index is 1.96. The van der Waals surface area contributed by atoms with Crippen molar-refractivity contribution in [2.45, 2.75) is 71.2 Å². The molecule has 0 aromatic carbocycles. The van der Waals surface area contributed by atoms with E-state index in [0.29, 0.717) is 18.8 Å². The molecule has 0 radical (unpaired) electrons. The molecule has 4 rings (SSSR count). The molecule has 0 N–H and O–H groups in total. The molecule has 6 nitrogen and oxygen atoms in total. The minimum atomic E-state index is -2.02. The van der Waals surface area contributed by atoms with E-state index in [-0.39, 0.29) is 17.3 Å². The monoisotopic (exact) mass is 462 g/mol. The van der Waals surface area contributed by atoms with Gasteiger partial charge < -0.3 is 18.7 Å². The summed E-state index contributed by atoms with van der Waals surface area (Å²) in [5.74, 6) is -1.37. The van der Waals surface area contributed by atoms with Crippen LogP contribution in [0.1, 0.15) is 45.4 Å². The van der Waals surface area contributed by atoms with E-state index in [2.05, 4.69) is 26.2 Å². The van der Waals surface area contributed by atoms with Gasteiger partial charge in [-0.25, -0.2) is 0 Å². The van der Waals surface area contributed by atoms with E-state index < -0.39 is 43.1 Å². The summed E-state index contributed by atoms with van der Waals surface area (Å²) in [6.07, 6.45) is 5.36. The maximum Gasteiger partial charge on any atom is 0.314 e. The Kier molecular flexibility index (Phi) is 5.56. The van der Waals surface area contributed by atoms with Gasteiger partial charge in [-0.1, -0.05) is 12.2 Å². The quantitative estimate of drug-likeness (QED) is 0.264. The summed E-state index contributed by atoms with van der Waals surface area (Å²) in [7, 11) is 0.774. The number of rotatable bonds is 5. The van der Waals surface area contributed by atoms with Crippen molar-refractivity contribution in [3.63, 3.8) is 0 Å². The van der Waals surface area contributed by atoms with E-state index in [1.165, 1.54) is 19.8 Å². The lowest BCUT2D eigenvalue weighted by Gasteiger charge is -2.54. The van der Waals surface area contributed by atoms with E-state index in [1.54, 1.807) is 0 Å². The van der Waals surface area contributed by atoms with Crippen LogP contribution < -0.4 is 0 Å². The largest absolute Gasteiger partial charge is 0.469 e. The second-order valence-electron chi connectivity index (χ2n) is 11.8. The third kappa shape index (κ3) is 2.96. The first-order valence-corrected chi connectivity index (χ1v) is 15.3. The molecule has 0 aliphatic heterocycles. The van der Waals surface area contributed by atoms with Crippen molar-refractivity contribution in [2.24, 2.45) is 39.9 Å². The summed E-state index contributed by atoms with van der Waals surface area (Å²) < 4.78 is 17.3. The molecule has 2 bridgehead atoms. The molecule has 4 unspecified atom stereocenters. The first-order chi connectivity index (χ1) is 14.9. The fourth-order valence-corrected chi connectivity index (χ4v) is 9.72. The number of ether oxygens (including phenoxy) is 2. The summed E-state index contributed by atoms with van der Waals surface area (Å²) in [5, 5.41) is 0. The molecule has 1 spiro atoms. The topological polar surface area (TPSA) is 78.9 Å². The van der Waals surface area contributed by atoms with Crippen molar-refractivity contribution in [3.8, 4) is 0 Å². The molecule has 4 aliphatic rings. The van der Waals surface area contributed by atoms with Gasteiger partial charge in [-0.2, -0.15) is 0 Å². The highest BCUT2D eigenvalue weighted by atomic mass is 28.4. The van der Waals surface area contributed by atoms with Gasteiger partial charge in [0.2, 0.25) is 0 Å². The lowest BCUT2D eigenvalue weighted by Crippen LogP contribution is -2.61. The molecular weight excluding hydrogens is 424 g/mol. The van der Waals surface area contributed by atoms with E-state index >= 15 is 0 Å². The van der Waals surface area contributed by atoms with Crippen LogP contribution in [0.4, 0.5) is 0 Å². The normalized spacial score (nSPS) is 45.1. The summed E-state index contributed by atoms with van der Waals surface area (Å²) >= 11 is 0. The molecule has 0 saturated heterocycles. The molecular formula is C25H38O6Si. The third-order valence-electron chi connectivity index (χ3n) is 9.39. The number of methoxy groups -OCH3 is 2. The van der Waals surface area contributed by atoms with Crippen LogP contribution in [0.25, 0.3) is 0 Å². The molecule has 32 heavy (non-hydrogen) atoms. The zero-order chi connectivity index (χ0) is 23.7. The summed E-state index contributed by atoms with van der Waals surface area (Å²) in [6, 6.07) is 0. The van der Waals surface area contributed by atoms with Crippen LogP contribution in [0, 0.1) is 39.9 Å². The number of hydrogen-bond donors (Lipinski definition) is 0. The lowest BCUT2D eigenvalue weighted by molar-refractivity contribution is -0.184. The average molecular weight is 463 g/mol. The zero-order valence-electron chi connectivity index (χ0n) is 20.4. The van der Waals surface area contributed by atoms with Crippen molar-refractivity contribution in [1.82, 2.24) is 0 Å². The standard InChI is InChI=1S/C25H38O6Si/c1-15-12-25-13-16(15)8-9-17(25)24(14-26)11-10-18(31-32(5,6)7)23(2,22(28)30-4)20(24)19(25)21(27)29-3/h14,16-20H,1,8-13H2,2-7H3/t16-,17?,18+,19?,20?,23?,24-,25+/m1/s1. The van der Waals surface area contributed by atoms with E-state index in [4.69, 9.17) is 13.9 Å². The summed E-state index contributed by atoms with van der Waals surface area (Å²) in [6.45, 7) is 12.5. The molecule has 0 heterocycles. The summed E-state index contributed by atoms with van der Waals surface area (Å²) in [5.41, 5.74) is -1.09. The Morgan fingerprint density at radius 2 is 1.81 bits per heavy atom. The zero-order valence-corrected chi connectivity index (χ0v) is 21.4. The molecule has 8 atom stereocenters. The van der Waals surface area contributed by atoms with Crippen LogP contribution in [0.5, 0.6) is 0 Å². The maximum absolute atomic E-state index is 13.5. The van der Waals surface area contributed by atoms with Crippen LogP contribution >= 0.6 is 0 Å². The number of esters is 2. The number of hydrogen-bond acceptors (Lipinski definition) is 6. The van der Waals surface area contributed by atoms with Gasteiger partial charge in [-0.3, -0.25) is 9.59 Å². The van der Waals surface area contributed by atoms with Crippen LogP contribution in [0.15, 0.2) is 12.2 Å². The Bertz CT molecular complexity index is 848. The molecule has 0 amide bonds. The number of aldehydes is 1. The molecule has 4 aliphatic carbocycles. The summed E-state index contributed by atoms with van der Waals surface area (Å²) in [4.78, 5) is 40.1. The van der Waals surface area contributed by atoms with Gasteiger partial charge in [0.25, 0.3) is 0 Å². The Labute approximate surface area is 192 Å². The maximum atomic E-state index is 13.5. The number of carbonyl (C=O) groups is 3. The van der Waals surface area contributed by atoms with Gasteiger partial charge in [0.1, 0.15) is 6.29 Å². The van der Waals surface area contributed by atoms with Crippen molar-refractivity contribution < 1.29 is 28.3 Å². The van der Waals surface area contributed by atoms with Crippen molar-refractivity contribution in [3.05, 3.63) is 12.2 Å². The third-order valence-corrected chi connectivity index (χ3v) is 10.4. The van der Waals surface area contributed by atoms with Crippen molar-refractivity contribution in [1.29, 1.82) is 0 Å². The first-order valence-electron chi connectivity index (χ1n) is 11.9. The molecule has 4 fully saturated rings. The van der Waals surface area contributed by atoms with E-state index in [1.807, 2.05) is 6.92 Å². The highest BCUT2D eigenvalue weighted by molar-refractivity contribution is 6.69. The number of carbonyl (C=O) groups excluding carboxylic acids is 3. The second-order valence-corrected chi connectivity index (χ2v) is 16.3. The molecule has 7 heteroatoms. The van der Waals surface area contributed by atoms with Gasteiger partial charge in [0, 0.05) is 11.3 Å². The van der Waals surface area contributed by atoms with Crippen LogP contribution in [0.2, 0.25) is 19.6 Å². The number of fused-ring (bicyclic) bond motifs is 3. The van der Waals surface area contributed by atoms with E-state index in [0.717, 1.165) is 32.0 Å². The van der Waals surface area contributed by atoms with Crippen molar-refractivity contribution in [2.75, 3.05) is 14.2 Å². The SMILES string of the molecule is C=C1C[C@]23C[C@H]1CCC2[C@]1(C=O)CC[C@H](O[Si](C)(C)C)C(C)(C(=O)OC)C1C3C(=O)OC. The Hall–Kier alpha value is -1.47. The van der Waals surface area contributed by atoms with Gasteiger partial charge in [0.15, 0.2) is 8.32 Å². The highest BCUT2D eigenvalue weighted by Crippen LogP contribution is 2.77. The van der Waals surface area contributed by atoms with E-state index in [9.17, 15) is 14.4 Å². The predicted octanol–water partition coefficient (Wildman–Crippen LogP) is 4.15. The fraction of sp³-hybridized carbons (Fsp3) is 0.800. The van der Waals surface area contributed by atoms with Gasteiger partial charge in [-0.05, 0) is 82.3 Å². The second kappa shape index (κ2) is 7.52. The molecule has 0 aromatic heterocycles. The Morgan fingerprint density at radius 3 is 2.38 bits per heavy atom. The lowest BCUT2D eigenvalue weighted by atomic mass is 9.52. The molecule has 0 aromatic rings.